The number of benzene rings is 2. The summed E-state index contributed by atoms with van der Waals surface area (Å²) in [7, 11) is 1.40. The van der Waals surface area contributed by atoms with Gasteiger partial charge in [-0.1, -0.05) is 36.1 Å². The molecule has 0 aliphatic carbocycles. The van der Waals surface area contributed by atoms with Crippen molar-refractivity contribution in [3.05, 3.63) is 65.7 Å². The van der Waals surface area contributed by atoms with E-state index >= 15 is 0 Å². The summed E-state index contributed by atoms with van der Waals surface area (Å²) in [5.41, 5.74) is 2.25. The molecule has 0 aromatic heterocycles. The van der Waals surface area contributed by atoms with Crippen LogP contribution in [0.1, 0.15) is 17.5 Å². The molecule has 0 heterocycles. The fourth-order valence-electron chi connectivity index (χ4n) is 2.45. The standard InChI is InChI=1S/C21H22F3N3O/c1-27(16-21(22,23)24)14-6-13-25-20(28)26-19-10-5-9-18(15-19)12-11-17-7-3-2-4-8-17/h2-5,7-10,15H,6,13-14,16H2,1H3,(H2,25,26,28). The molecule has 2 aromatic carbocycles. The number of rotatable bonds is 6. The van der Waals surface area contributed by atoms with Crippen LogP contribution >= 0.6 is 0 Å². The maximum Gasteiger partial charge on any atom is 0.401 e. The predicted molar refractivity (Wildman–Crippen MR) is 104 cm³/mol. The molecule has 148 valence electrons. The lowest BCUT2D eigenvalue weighted by Crippen LogP contribution is -2.34. The summed E-state index contributed by atoms with van der Waals surface area (Å²) in [6, 6.07) is 16.3. The highest BCUT2D eigenvalue weighted by Gasteiger charge is 2.28. The van der Waals surface area contributed by atoms with E-state index in [4.69, 9.17) is 0 Å². The molecule has 0 aliphatic rings. The molecule has 0 aliphatic heterocycles. The molecule has 0 bridgehead atoms. The van der Waals surface area contributed by atoms with Crippen molar-refractivity contribution in [2.45, 2.75) is 12.6 Å². The smallest absolute Gasteiger partial charge is 0.338 e. The molecule has 0 saturated carbocycles. The van der Waals surface area contributed by atoms with Gasteiger partial charge in [0.2, 0.25) is 0 Å². The minimum Gasteiger partial charge on any atom is -0.338 e. The molecule has 7 heteroatoms. The number of urea groups is 1. The van der Waals surface area contributed by atoms with Gasteiger partial charge >= 0.3 is 12.2 Å². The van der Waals surface area contributed by atoms with Crippen molar-refractivity contribution in [1.82, 2.24) is 10.2 Å². The van der Waals surface area contributed by atoms with Crippen molar-refractivity contribution in [1.29, 1.82) is 0 Å². The lowest BCUT2D eigenvalue weighted by Gasteiger charge is -2.18. The third kappa shape index (κ3) is 8.60. The number of halogens is 3. The van der Waals surface area contributed by atoms with E-state index in [1.807, 2.05) is 36.4 Å². The summed E-state index contributed by atoms with van der Waals surface area (Å²) >= 11 is 0. The Morgan fingerprint density at radius 3 is 2.43 bits per heavy atom. The van der Waals surface area contributed by atoms with Gasteiger partial charge in [-0.2, -0.15) is 13.2 Å². The van der Waals surface area contributed by atoms with Crippen molar-refractivity contribution >= 4 is 11.7 Å². The zero-order valence-electron chi connectivity index (χ0n) is 15.5. The lowest BCUT2D eigenvalue weighted by atomic mass is 10.1. The van der Waals surface area contributed by atoms with Gasteiger partial charge in [0.05, 0.1) is 6.54 Å². The topological polar surface area (TPSA) is 44.4 Å². The molecule has 0 saturated heterocycles. The Bertz CT molecular complexity index is 826. The second kappa shape index (κ2) is 10.4. The zero-order valence-corrected chi connectivity index (χ0v) is 15.5. The maximum atomic E-state index is 12.2. The quantitative estimate of drug-likeness (QED) is 0.577. The van der Waals surface area contributed by atoms with Crippen LogP contribution in [0, 0.1) is 11.8 Å². The Balaban J connectivity index is 1.77. The van der Waals surface area contributed by atoms with Crippen LogP contribution in [0.5, 0.6) is 0 Å². The molecule has 2 aromatic rings. The molecule has 2 amide bonds. The Kier molecular flexibility index (Phi) is 7.90. The molecule has 0 spiro atoms. The maximum absolute atomic E-state index is 12.2. The van der Waals surface area contributed by atoms with Crippen molar-refractivity contribution in [2.75, 3.05) is 32.0 Å². The highest BCUT2D eigenvalue weighted by Crippen LogP contribution is 2.15. The minimum atomic E-state index is -4.21. The van der Waals surface area contributed by atoms with Crippen LogP contribution in [-0.4, -0.2) is 43.8 Å². The van der Waals surface area contributed by atoms with Crippen LogP contribution in [0.3, 0.4) is 0 Å². The van der Waals surface area contributed by atoms with E-state index in [2.05, 4.69) is 22.5 Å². The number of carbonyl (C=O) groups excluding carboxylic acids is 1. The summed E-state index contributed by atoms with van der Waals surface area (Å²) in [5, 5.41) is 5.33. The molecule has 28 heavy (non-hydrogen) atoms. The van der Waals surface area contributed by atoms with E-state index in [1.165, 1.54) is 11.9 Å². The fourth-order valence-corrected chi connectivity index (χ4v) is 2.45. The second-order valence-corrected chi connectivity index (χ2v) is 6.28. The number of anilines is 1. The Labute approximate surface area is 162 Å². The molecule has 0 atom stereocenters. The molecule has 4 nitrogen and oxygen atoms in total. The number of hydrogen-bond acceptors (Lipinski definition) is 2. The van der Waals surface area contributed by atoms with Crippen LogP contribution in [0.25, 0.3) is 0 Å². The largest absolute Gasteiger partial charge is 0.401 e. The Hall–Kier alpha value is -2.98. The van der Waals surface area contributed by atoms with Gasteiger partial charge < -0.3 is 10.6 Å². The average Bonchev–Trinajstić information content (AvgIpc) is 2.63. The van der Waals surface area contributed by atoms with E-state index in [9.17, 15) is 18.0 Å². The van der Waals surface area contributed by atoms with Gasteiger partial charge in [0, 0.05) is 23.4 Å². The zero-order chi connectivity index (χ0) is 20.4. The molecule has 0 fully saturated rings. The third-order valence-electron chi connectivity index (χ3n) is 3.70. The van der Waals surface area contributed by atoms with Gasteiger partial charge in [-0.3, -0.25) is 4.90 Å². The Morgan fingerprint density at radius 1 is 1.04 bits per heavy atom. The summed E-state index contributed by atoms with van der Waals surface area (Å²) < 4.78 is 36.7. The summed E-state index contributed by atoms with van der Waals surface area (Å²) in [5.74, 6) is 6.09. The first-order valence-corrected chi connectivity index (χ1v) is 8.79. The number of hydrogen-bond donors (Lipinski definition) is 2. The van der Waals surface area contributed by atoms with Crippen molar-refractivity contribution in [2.24, 2.45) is 0 Å². The van der Waals surface area contributed by atoms with Gasteiger partial charge in [0.1, 0.15) is 0 Å². The van der Waals surface area contributed by atoms with E-state index in [0.29, 0.717) is 12.1 Å². The highest BCUT2D eigenvalue weighted by atomic mass is 19.4. The lowest BCUT2D eigenvalue weighted by molar-refractivity contribution is -0.143. The monoisotopic (exact) mass is 389 g/mol. The average molecular weight is 389 g/mol. The van der Waals surface area contributed by atoms with Gasteiger partial charge in [-0.05, 0) is 50.3 Å². The first-order valence-electron chi connectivity index (χ1n) is 8.79. The SMILES string of the molecule is CN(CCCNC(=O)Nc1cccc(C#Cc2ccccc2)c1)CC(F)(F)F. The number of amides is 2. The molecule has 2 N–H and O–H groups in total. The summed E-state index contributed by atoms with van der Waals surface area (Å²) in [4.78, 5) is 13.1. The van der Waals surface area contributed by atoms with Crippen LogP contribution < -0.4 is 10.6 Å². The van der Waals surface area contributed by atoms with Crippen molar-refractivity contribution < 1.29 is 18.0 Å². The first-order chi connectivity index (χ1) is 13.3. The normalized spacial score (nSPS) is 10.9. The number of carbonyl (C=O) groups is 1. The number of nitrogens with one attached hydrogen (secondary N) is 2. The second-order valence-electron chi connectivity index (χ2n) is 6.28. The van der Waals surface area contributed by atoms with E-state index in [1.54, 1.807) is 18.2 Å². The molecule has 0 radical (unpaired) electrons. The molecule has 2 rings (SSSR count). The van der Waals surface area contributed by atoms with E-state index < -0.39 is 18.8 Å². The van der Waals surface area contributed by atoms with Gasteiger partial charge in [-0.15, -0.1) is 0 Å². The number of alkyl halides is 3. The number of nitrogens with zero attached hydrogens (tertiary/aromatic N) is 1. The van der Waals surface area contributed by atoms with Crippen LogP contribution in [0.2, 0.25) is 0 Å². The predicted octanol–water partition coefficient (Wildman–Crippen LogP) is 4.09. The highest BCUT2D eigenvalue weighted by molar-refractivity contribution is 5.89. The molecular formula is C21H22F3N3O. The van der Waals surface area contributed by atoms with E-state index in [0.717, 1.165) is 11.1 Å². The van der Waals surface area contributed by atoms with Crippen molar-refractivity contribution in [3.8, 4) is 11.8 Å². The van der Waals surface area contributed by atoms with Gasteiger partial charge in [-0.25, -0.2) is 4.79 Å². The Morgan fingerprint density at radius 2 is 1.71 bits per heavy atom. The van der Waals surface area contributed by atoms with Gasteiger partial charge in [0.25, 0.3) is 0 Å². The van der Waals surface area contributed by atoms with Gasteiger partial charge in [0.15, 0.2) is 0 Å². The fraction of sp³-hybridized carbons (Fsp3) is 0.286. The van der Waals surface area contributed by atoms with Crippen molar-refractivity contribution in [3.63, 3.8) is 0 Å². The van der Waals surface area contributed by atoms with Crippen LogP contribution in [0.15, 0.2) is 54.6 Å². The van der Waals surface area contributed by atoms with E-state index in [-0.39, 0.29) is 13.1 Å². The third-order valence-corrected chi connectivity index (χ3v) is 3.70. The summed E-state index contributed by atoms with van der Waals surface area (Å²) in [6.07, 6.45) is -3.80. The van der Waals surface area contributed by atoms with Crippen LogP contribution in [-0.2, 0) is 0 Å². The van der Waals surface area contributed by atoms with Crippen LogP contribution in [0.4, 0.5) is 23.7 Å². The first kappa shape index (κ1) is 21.3. The molecule has 0 unspecified atom stereocenters. The molecular weight excluding hydrogens is 367 g/mol. The minimum absolute atomic E-state index is 0.240. The summed E-state index contributed by atoms with van der Waals surface area (Å²) in [6.45, 7) is -0.443.